The summed E-state index contributed by atoms with van der Waals surface area (Å²) in [7, 11) is -3.61. The SMILES string of the molecule is O=S(=O)(NCc1cccc(Cl)c1)c1cccc(CO)c1. The minimum atomic E-state index is -3.61. The van der Waals surface area contributed by atoms with Crippen molar-refractivity contribution in [3.8, 4) is 0 Å². The largest absolute Gasteiger partial charge is 0.392 e. The van der Waals surface area contributed by atoms with Crippen molar-refractivity contribution in [1.29, 1.82) is 0 Å². The molecule has 0 aliphatic carbocycles. The lowest BCUT2D eigenvalue weighted by atomic mass is 10.2. The van der Waals surface area contributed by atoms with Gasteiger partial charge in [-0.2, -0.15) is 0 Å². The molecule has 2 N–H and O–H groups in total. The lowest BCUT2D eigenvalue weighted by Gasteiger charge is -2.08. The minimum absolute atomic E-state index is 0.131. The average Bonchev–Trinajstić information content (AvgIpc) is 2.45. The number of aliphatic hydroxyl groups is 1. The number of benzene rings is 2. The van der Waals surface area contributed by atoms with Gasteiger partial charge in [0.2, 0.25) is 10.0 Å². The summed E-state index contributed by atoms with van der Waals surface area (Å²) in [6, 6.07) is 13.2. The first-order valence-electron chi connectivity index (χ1n) is 5.95. The van der Waals surface area contributed by atoms with Gasteiger partial charge in [0, 0.05) is 11.6 Å². The van der Waals surface area contributed by atoms with Gasteiger partial charge in [-0.1, -0.05) is 35.9 Å². The van der Waals surface area contributed by atoms with E-state index in [0.717, 1.165) is 5.56 Å². The van der Waals surface area contributed by atoms with Gasteiger partial charge in [-0.05, 0) is 35.4 Å². The maximum atomic E-state index is 12.1. The van der Waals surface area contributed by atoms with Crippen molar-refractivity contribution in [2.75, 3.05) is 0 Å². The molecule has 0 unspecified atom stereocenters. The smallest absolute Gasteiger partial charge is 0.240 e. The van der Waals surface area contributed by atoms with Crippen molar-refractivity contribution in [2.45, 2.75) is 18.0 Å². The summed E-state index contributed by atoms with van der Waals surface area (Å²) in [5.74, 6) is 0. The second-order valence-corrected chi connectivity index (χ2v) is 6.46. The van der Waals surface area contributed by atoms with Crippen molar-refractivity contribution >= 4 is 21.6 Å². The van der Waals surface area contributed by atoms with Gasteiger partial charge >= 0.3 is 0 Å². The highest BCUT2D eigenvalue weighted by Crippen LogP contribution is 2.14. The fraction of sp³-hybridized carbons (Fsp3) is 0.143. The molecule has 0 aromatic heterocycles. The zero-order valence-corrected chi connectivity index (χ0v) is 12.2. The van der Waals surface area contributed by atoms with E-state index in [2.05, 4.69) is 4.72 Å². The van der Waals surface area contributed by atoms with Crippen LogP contribution in [0.5, 0.6) is 0 Å². The van der Waals surface area contributed by atoms with E-state index in [4.69, 9.17) is 16.7 Å². The Bertz CT molecular complexity index is 701. The first-order chi connectivity index (χ1) is 9.51. The number of nitrogens with one attached hydrogen (secondary N) is 1. The number of aliphatic hydroxyl groups excluding tert-OH is 1. The number of sulfonamides is 1. The molecule has 0 spiro atoms. The molecule has 0 fully saturated rings. The molecule has 106 valence electrons. The first-order valence-corrected chi connectivity index (χ1v) is 7.81. The van der Waals surface area contributed by atoms with E-state index in [-0.39, 0.29) is 18.0 Å². The van der Waals surface area contributed by atoms with Gasteiger partial charge in [-0.15, -0.1) is 0 Å². The third-order valence-electron chi connectivity index (χ3n) is 2.75. The Kier molecular flexibility index (Phi) is 4.77. The summed E-state index contributed by atoms with van der Waals surface area (Å²) in [6.07, 6.45) is 0. The van der Waals surface area contributed by atoms with Crippen LogP contribution in [-0.4, -0.2) is 13.5 Å². The monoisotopic (exact) mass is 311 g/mol. The van der Waals surface area contributed by atoms with Crippen molar-refractivity contribution < 1.29 is 13.5 Å². The van der Waals surface area contributed by atoms with Crippen molar-refractivity contribution in [2.24, 2.45) is 0 Å². The third-order valence-corrected chi connectivity index (χ3v) is 4.38. The zero-order valence-electron chi connectivity index (χ0n) is 10.6. The van der Waals surface area contributed by atoms with Crippen LogP contribution in [0, 0.1) is 0 Å². The molecule has 0 heterocycles. The molecular weight excluding hydrogens is 298 g/mol. The molecule has 20 heavy (non-hydrogen) atoms. The summed E-state index contributed by atoms with van der Waals surface area (Å²) in [5.41, 5.74) is 1.33. The molecule has 0 saturated heterocycles. The Morgan fingerprint density at radius 3 is 2.45 bits per heavy atom. The molecular formula is C14H14ClNO3S. The normalized spacial score (nSPS) is 11.5. The molecule has 0 bridgehead atoms. The maximum absolute atomic E-state index is 12.1. The molecule has 2 aromatic rings. The third kappa shape index (κ3) is 3.80. The van der Waals surface area contributed by atoms with Crippen LogP contribution in [0.15, 0.2) is 53.4 Å². The van der Waals surface area contributed by atoms with E-state index in [1.165, 1.54) is 12.1 Å². The first kappa shape index (κ1) is 15.0. The van der Waals surface area contributed by atoms with Crippen molar-refractivity contribution in [3.63, 3.8) is 0 Å². The highest BCUT2D eigenvalue weighted by atomic mass is 35.5. The summed E-state index contributed by atoms with van der Waals surface area (Å²) in [4.78, 5) is 0.131. The van der Waals surface area contributed by atoms with Gasteiger partial charge in [0.25, 0.3) is 0 Å². The summed E-state index contributed by atoms with van der Waals surface area (Å²) in [6.45, 7) is -0.0378. The molecule has 0 atom stereocenters. The molecule has 4 nitrogen and oxygen atoms in total. The standard InChI is InChI=1S/C14H14ClNO3S/c15-13-5-1-3-11(7-13)9-16-20(18,19)14-6-2-4-12(8-14)10-17/h1-8,16-17H,9-10H2. The van der Waals surface area contributed by atoms with Crippen LogP contribution in [0.4, 0.5) is 0 Å². The fourth-order valence-electron chi connectivity index (χ4n) is 1.72. The molecule has 0 aliphatic heterocycles. The molecule has 0 aliphatic rings. The maximum Gasteiger partial charge on any atom is 0.240 e. The Hall–Kier alpha value is -1.40. The van der Waals surface area contributed by atoms with Crippen molar-refractivity contribution in [1.82, 2.24) is 4.72 Å². The summed E-state index contributed by atoms with van der Waals surface area (Å²) in [5, 5.41) is 9.60. The number of halogens is 1. The molecule has 0 radical (unpaired) electrons. The van der Waals surface area contributed by atoms with Crippen LogP contribution in [0.1, 0.15) is 11.1 Å². The highest BCUT2D eigenvalue weighted by Gasteiger charge is 2.13. The van der Waals surface area contributed by atoms with Gasteiger partial charge in [-0.25, -0.2) is 13.1 Å². The van der Waals surface area contributed by atoms with Gasteiger partial charge < -0.3 is 5.11 Å². The second-order valence-electron chi connectivity index (χ2n) is 4.26. The Morgan fingerprint density at radius 1 is 1.05 bits per heavy atom. The van der Waals surface area contributed by atoms with Crippen LogP contribution in [0.2, 0.25) is 5.02 Å². The van der Waals surface area contributed by atoms with E-state index in [9.17, 15) is 8.42 Å². The lowest BCUT2D eigenvalue weighted by molar-refractivity contribution is 0.281. The van der Waals surface area contributed by atoms with Gasteiger partial charge in [0.1, 0.15) is 0 Å². The van der Waals surface area contributed by atoms with Crippen molar-refractivity contribution in [3.05, 3.63) is 64.7 Å². The van der Waals surface area contributed by atoms with Gasteiger partial charge in [-0.3, -0.25) is 0 Å². The van der Waals surface area contributed by atoms with Gasteiger partial charge in [0.15, 0.2) is 0 Å². The fourth-order valence-corrected chi connectivity index (χ4v) is 3.02. The van der Waals surface area contributed by atoms with Gasteiger partial charge in [0.05, 0.1) is 11.5 Å². The van der Waals surface area contributed by atoms with E-state index in [1.54, 1.807) is 36.4 Å². The second kappa shape index (κ2) is 6.37. The average molecular weight is 312 g/mol. The molecule has 2 rings (SSSR count). The van der Waals surface area contributed by atoms with E-state index in [0.29, 0.717) is 10.6 Å². The quantitative estimate of drug-likeness (QED) is 0.890. The van der Waals surface area contributed by atoms with Crippen LogP contribution in [0.3, 0.4) is 0 Å². The molecule has 0 amide bonds. The number of hydrogen-bond acceptors (Lipinski definition) is 3. The van der Waals surface area contributed by atoms with Crippen LogP contribution < -0.4 is 4.72 Å². The Morgan fingerprint density at radius 2 is 1.75 bits per heavy atom. The predicted octanol–water partition coefficient (Wildman–Crippen LogP) is 2.31. The van der Waals surface area contributed by atoms with E-state index in [1.807, 2.05) is 0 Å². The molecule has 6 heteroatoms. The summed E-state index contributed by atoms with van der Waals surface area (Å²) >= 11 is 5.85. The van der Waals surface area contributed by atoms with Crippen LogP contribution in [0.25, 0.3) is 0 Å². The Balaban J connectivity index is 2.15. The van der Waals surface area contributed by atoms with Crippen LogP contribution in [-0.2, 0) is 23.2 Å². The highest BCUT2D eigenvalue weighted by molar-refractivity contribution is 7.89. The van der Waals surface area contributed by atoms with Crippen LogP contribution >= 0.6 is 11.6 Å². The molecule has 2 aromatic carbocycles. The lowest BCUT2D eigenvalue weighted by Crippen LogP contribution is -2.23. The Labute approximate surface area is 123 Å². The van der Waals surface area contributed by atoms with E-state index < -0.39 is 10.0 Å². The number of rotatable bonds is 5. The predicted molar refractivity (Wildman–Crippen MR) is 77.8 cm³/mol. The van der Waals surface area contributed by atoms with E-state index >= 15 is 0 Å². The zero-order chi connectivity index (χ0) is 14.6. The molecule has 0 saturated carbocycles. The topological polar surface area (TPSA) is 66.4 Å². The minimum Gasteiger partial charge on any atom is -0.392 e. The summed E-state index contributed by atoms with van der Waals surface area (Å²) < 4.78 is 26.8. The number of hydrogen-bond donors (Lipinski definition) is 2.